The Kier molecular flexibility index (Phi) is 7.82. The minimum absolute atomic E-state index is 0.365. The van der Waals surface area contributed by atoms with Gasteiger partial charge in [-0.2, -0.15) is 0 Å². The van der Waals surface area contributed by atoms with Crippen LogP contribution in [0, 0.1) is 5.92 Å². The van der Waals surface area contributed by atoms with Gasteiger partial charge in [0.15, 0.2) is 0 Å². The highest BCUT2D eigenvalue weighted by Crippen LogP contribution is 2.04. The Labute approximate surface area is 113 Å². The number of hydrogen-bond acceptors (Lipinski definition) is 4. The Hall–Kier alpha value is -0.160. The molecular weight excluding hydrogens is 226 g/mol. The molecular formula is C14H31N3O. The molecule has 18 heavy (non-hydrogen) atoms. The molecule has 1 saturated heterocycles. The molecule has 1 atom stereocenters. The van der Waals surface area contributed by atoms with Crippen molar-refractivity contribution >= 4 is 0 Å². The summed E-state index contributed by atoms with van der Waals surface area (Å²) < 4.78 is 5.81. The maximum Gasteiger partial charge on any atom is 0.0826 e. The second-order valence-electron chi connectivity index (χ2n) is 5.74. The lowest BCUT2D eigenvalue weighted by atomic mass is 10.2. The van der Waals surface area contributed by atoms with Crippen LogP contribution in [0.5, 0.6) is 0 Å². The first kappa shape index (κ1) is 15.9. The van der Waals surface area contributed by atoms with E-state index in [0.29, 0.717) is 12.0 Å². The van der Waals surface area contributed by atoms with E-state index in [9.17, 15) is 0 Å². The fourth-order valence-electron chi connectivity index (χ4n) is 2.11. The Morgan fingerprint density at radius 3 is 2.89 bits per heavy atom. The van der Waals surface area contributed by atoms with E-state index >= 15 is 0 Å². The fraction of sp³-hybridized carbons (Fsp3) is 1.00. The van der Waals surface area contributed by atoms with Gasteiger partial charge in [0.1, 0.15) is 0 Å². The first-order valence-electron chi connectivity index (χ1n) is 7.35. The molecule has 108 valence electrons. The average Bonchev–Trinajstić information content (AvgIpc) is 2.36. The first-order chi connectivity index (χ1) is 8.61. The normalized spacial score (nSPS) is 22.0. The molecule has 0 saturated carbocycles. The zero-order valence-electron chi connectivity index (χ0n) is 12.6. The molecule has 1 rings (SSSR count). The van der Waals surface area contributed by atoms with Crippen molar-refractivity contribution in [2.45, 2.75) is 26.9 Å². The number of likely N-dealkylation sites (N-methyl/N-ethyl adjacent to an activating group) is 1. The van der Waals surface area contributed by atoms with Gasteiger partial charge < -0.3 is 15.0 Å². The quantitative estimate of drug-likeness (QED) is 0.699. The average molecular weight is 257 g/mol. The van der Waals surface area contributed by atoms with Crippen LogP contribution in [0.25, 0.3) is 0 Å². The van der Waals surface area contributed by atoms with Crippen LogP contribution < -0.4 is 5.32 Å². The highest BCUT2D eigenvalue weighted by atomic mass is 16.5. The number of nitrogens with one attached hydrogen (secondary N) is 1. The zero-order valence-corrected chi connectivity index (χ0v) is 12.6. The van der Waals surface area contributed by atoms with Crippen molar-refractivity contribution in [2.75, 3.05) is 59.5 Å². The predicted molar refractivity (Wildman–Crippen MR) is 77.1 cm³/mol. The van der Waals surface area contributed by atoms with E-state index in [1.807, 2.05) is 0 Å². The summed E-state index contributed by atoms with van der Waals surface area (Å²) in [7, 11) is 2.18. The molecule has 0 aromatic heterocycles. The van der Waals surface area contributed by atoms with Crippen molar-refractivity contribution in [2.24, 2.45) is 5.92 Å². The number of hydrogen-bond donors (Lipinski definition) is 1. The summed E-state index contributed by atoms with van der Waals surface area (Å²) in [5.41, 5.74) is 0. The van der Waals surface area contributed by atoms with E-state index in [-0.39, 0.29) is 0 Å². The van der Waals surface area contributed by atoms with Crippen LogP contribution in [0.15, 0.2) is 0 Å². The number of rotatable bonds is 8. The van der Waals surface area contributed by atoms with Gasteiger partial charge in [-0.15, -0.1) is 0 Å². The molecule has 1 aliphatic heterocycles. The molecule has 1 fully saturated rings. The highest BCUT2D eigenvalue weighted by Gasteiger charge is 2.19. The summed E-state index contributed by atoms with van der Waals surface area (Å²) in [5, 5.41) is 3.49. The number of morpholine rings is 1. The fourth-order valence-corrected chi connectivity index (χ4v) is 2.11. The van der Waals surface area contributed by atoms with Crippen LogP contribution in [-0.2, 0) is 4.74 Å². The topological polar surface area (TPSA) is 27.7 Å². The molecule has 0 amide bonds. The van der Waals surface area contributed by atoms with E-state index in [2.05, 4.69) is 42.9 Å². The van der Waals surface area contributed by atoms with Crippen LogP contribution in [0.1, 0.15) is 20.8 Å². The zero-order chi connectivity index (χ0) is 13.4. The Morgan fingerprint density at radius 1 is 1.44 bits per heavy atom. The minimum atomic E-state index is 0.365. The Morgan fingerprint density at radius 2 is 2.22 bits per heavy atom. The third-order valence-corrected chi connectivity index (χ3v) is 3.49. The number of ether oxygens (including phenoxy) is 1. The maximum atomic E-state index is 5.81. The van der Waals surface area contributed by atoms with Gasteiger partial charge >= 0.3 is 0 Å². The van der Waals surface area contributed by atoms with Gasteiger partial charge in [0.25, 0.3) is 0 Å². The molecule has 0 bridgehead atoms. The monoisotopic (exact) mass is 257 g/mol. The van der Waals surface area contributed by atoms with Crippen molar-refractivity contribution in [1.82, 2.24) is 15.1 Å². The van der Waals surface area contributed by atoms with Crippen molar-refractivity contribution < 1.29 is 4.74 Å². The van der Waals surface area contributed by atoms with Crippen LogP contribution in [0.3, 0.4) is 0 Å². The molecule has 0 radical (unpaired) electrons. The lowest BCUT2D eigenvalue weighted by Gasteiger charge is -2.34. The Bertz CT molecular complexity index is 211. The standard InChI is InChI=1S/C14H31N3O/c1-5-16(4)6-7-17-8-9-18-14(12-17)11-15-10-13(2)3/h13-15H,5-12H2,1-4H3. The van der Waals surface area contributed by atoms with Crippen LogP contribution >= 0.6 is 0 Å². The van der Waals surface area contributed by atoms with E-state index in [4.69, 9.17) is 4.74 Å². The van der Waals surface area contributed by atoms with Crippen molar-refractivity contribution in [3.8, 4) is 0 Å². The minimum Gasteiger partial charge on any atom is -0.374 e. The van der Waals surface area contributed by atoms with Gasteiger partial charge in [-0.25, -0.2) is 0 Å². The van der Waals surface area contributed by atoms with Gasteiger partial charge in [-0.1, -0.05) is 20.8 Å². The molecule has 1 heterocycles. The summed E-state index contributed by atoms with van der Waals surface area (Å²) in [6.45, 7) is 15.2. The molecule has 4 heteroatoms. The summed E-state index contributed by atoms with van der Waals surface area (Å²) >= 11 is 0. The third kappa shape index (κ3) is 6.69. The second-order valence-corrected chi connectivity index (χ2v) is 5.74. The van der Waals surface area contributed by atoms with Gasteiger partial charge in [-0.05, 0) is 26.1 Å². The molecule has 0 aromatic carbocycles. The van der Waals surface area contributed by atoms with Crippen LogP contribution in [0.4, 0.5) is 0 Å². The van der Waals surface area contributed by atoms with E-state index in [0.717, 1.165) is 52.4 Å². The summed E-state index contributed by atoms with van der Waals surface area (Å²) in [6.07, 6.45) is 0.365. The second kappa shape index (κ2) is 8.86. The van der Waals surface area contributed by atoms with Crippen LogP contribution in [-0.4, -0.2) is 75.4 Å². The third-order valence-electron chi connectivity index (χ3n) is 3.49. The first-order valence-corrected chi connectivity index (χ1v) is 7.35. The molecule has 0 aliphatic carbocycles. The van der Waals surface area contributed by atoms with Gasteiger partial charge in [0.2, 0.25) is 0 Å². The Balaban J connectivity index is 2.15. The lowest BCUT2D eigenvalue weighted by Crippen LogP contribution is -2.48. The van der Waals surface area contributed by atoms with Gasteiger partial charge in [0.05, 0.1) is 12.7 Å². The predicted octanol–water partition coefficient (Wildman–Crippen LogP) is 0.885. The summed E-state index contributed by atoms with van der Waals surface area (Å²) in [5.74, 6) is 0.711. The van der Waals surface area contributed by atoms with E-state index in [1.165, 1.54) is 0 Å². The van der Waals surface area contributed by atoms with E-state index < -0.39 is 0 Å². The molecule has 1 N–H and O–H groups in total. The molecule has 1 unspecified atom stereocenters. The summed E-state index contributed by atoms with van der Waals surface area (Å²) in [4.78, 5) is 4.89. The maximum absolute atomic E-state index is 5.81. The molecule has 4 nitrogen and oxygen atoms in total. The molecule has 1 aliphatic rings. The van der Waals surface area contributed by atoms with Gasteiger partial charge in [-0.3, -0.25) is 4.90 Å². The summed E-state index contributed by atoms with van der Waals surface area (Å²) in [6, 6.07) is 0. The molecule has 0 spiro atoms. The largest absolute Gasteiger partial charge is 0.374 e. The molecule has 0 aromatic rings. The van der Waals surface area contributed by atoms with E-state index in [1.54, 1.807) is 0 Å². The van der Waals surface area contributed by atoms with Crippen molar-refractivity contribution in [3.63, 3.8) is 0 Å². The van der Waals surface area contributed by atoms with Gasteiger partial charge in [0, 0.05) is 32.7 Å². The highest BCUT2D eigenvalue weighted by molar-refractivity contribution is 4.74. The number of nitrogens with zero attached hydrogens (tertiary/aromatic N) is 2. The van der Waals surface area contributed by atoms with Crippen LogP contribution in [0.2, 0.25) is 0 Å². The van der Waals surface area contributed by atoms with Crippen molar-refractivity contribution in [3.05, 3.63) is 0 Å². The SMILES string of the molecule is CCN(C)CCN1CCOC(CNCC(C)C)C1. The van der Waals surface area contributed by atoms with Crippen molar-refractivity contribution in [1.29, 1.82) is 0 Å². The lowest BCUT2D eigenvalue weighted by molar-refractivity contribution is -0.0287. The smallest absolute Gasteiger partial charge is 0.0826 e.